The van der Waals surface area contributed by atoms with Crippen molar-refractivity contribution in [3.63, 3.8) is 0 Å². The number of anilines is 1. The summed E-state index contributed by atoms with van der Waals surface area (Å²) < 4.78 is 5.35. The standard InChI is InChI=1S/C14H20N2O2S/c1-2-18-13-6-5-10(8-12(13)15)14(17)16-9-11-4-3-7-19-11/h5-6,8,11H,2-4,7,9,15H2,1H3,(H,16,17). The Hall–Kier alpha value is -1.36. The van der Waals surface area contributed by atoms with Gasteiger partial charge in [0, 0.05) is 17.4 Å². The number of nitrogens with one attached hydrogen (secondary N) is 1. The molecule has 2 rings (SSSR count). The number of nitrogens with two attached hydrogens (primary N) is 1. The molecule has 1 unspecified atom stereocenters. The number of thioether (sulfide) groups is 1. The molecule has 0 spiro atoms. The molecule has 3 N–H and O–H groups in total. The third kappa shape index (κ3) is 3.80. The lowest BCUT2D eigenvalue weighted by atomic mass is 10.1. The first-order valence-electron chi connectivity index (χ1n) is 6.63. The zero-order valence-corrected chi connectivity index (χ0v) is 12.0. The highest BCUT2D eigenvalue weighted by Gasteiger charge is 2.17. The molecular weight excluding hydrogens is 260 g/mol. The molecule has 1 atom stereocenters. The maximum atomic E-state index is 12.0. The number of hydrogen-bond donors (Lipinski definition) is 2. The lowest BCUT2D eigenvalue weighted by Gasteiger charge is -2.11. The van der Waals surface area contributed by atoms with Gasteiger partial charge in [-0.3, -0.25) is 4.79 Å². The summed E-state index contributed by atoms with van der Waals surface area (Å²) in [6.07, 6.45) is 2.44. The summed E-state index contributed by atoms with van der Waals surface area (Å²) in [5, 5.41) is 3.52. The monoisotopic (exact) mass is 280 g/mol. The summed E-state index contributed by atoms with van der Waals surface area (Å²) in [5.74, 6) is 1.77. The van der Waals surface area contributed by atoms with Gasteiger partial charge in [0.1, 0.15) is 5.75 Å². The third-order valence-electron chi connectivity index (χ3n) is 3.09. The van der Waals surface area contributed by atoms with Crippen molar-refractivity contribution in [2.75, 3.05) is 24.6 Å². The minimum atomic E-state index is -0.0674. The van der Waals surface area contributed by atoms with Crippen molar-refractivity contribution in [3.8, 4) is 5.75 Å². The molecule has 0 saturated carbocycles. The maximum absolute atomic E-state index is 12.0. The highest BCUT2D eigenvalue weighted by molar-refractivity contribution is 8.00. The van der Waals surface area contributed by atoms with Gasteiger partial charge in [-0.1, -0.05) is 0 Å². The van der Waals surface area contributed by atoms with Gasteiger partial charge in [0.2, 0.25) is 0 Å². The zero-order chi connectivity index (χ0) is 13.7. The molecule has 1 heterocycles. The van der Waals surface area contributed by atoms with Crippen molar-refractivity contribution < 1.29 is 9.53 Å². The Morgan fingerprint density at radius 3 is 3.05 bits per heavy atom. The molecular formula is C14H20N2O2S. The third-order valence-corrected chi connectivity index (χ3v) is 4.48. The van der Waals surface area contributed by atoms with E-state index in [0.717, 1.165) is 6.54 Å². The van der Waals surface area contributed by atoms with Gasteiger partial charge in [-0.05, 0) is 43.7 Å². The average molecular weight is 280 g/mol. The predicted molar refractivity (Wildman–Crippen MR) is 79.8 cm³/mol. The molecule has 104 valence electrons. The second-order valence-corrected chi connectivity index (χ2v) is 5.94. The molecule has 1 aromatic rings. The zero-order valence-electron chi connectivity index (χ0n) is 11.1. The molecule has 1 aliphatic rings. The summed E-state index contributed by atoms with van der Waals surface area (Å²) in [5.41, 5.74) is 6.95. The molecule has 0 aromatic heterocycles. The largest absolute Gasteiger partial charge is 0.492 e. The van der Waals surface area contributed by atoms with Crippen molar-refractivity contribution in [1.29, 1.82) is 0 Å². The number of ether oxygens (including phenoxy) is 1. The van der Waals surface area contributed by atoms with Gasteiger partial charge in [-0.2, -0.15) is 11.8 Å². The molecule has 0 radical (unpaired) electrons. The van der Waals surface area contributed by atoms with E-state index in [-0.39, 0.29) is 5.91 Å². The minimum Gasteiger partial charge on any atom is -0.492 e. The van der Waals surface area contributed by atoms with Crippen molar-refractivity contribution in [1.82, 2.24) is 5.32 Å². The lowest BCUT2D eigenvalue weighted by molar-refractivity contribution is 0.0953. The molecule has 1 aliphatic heterocycles. The molecule has 19 heavy (non-hydrogen) atoms. The fourth-order valence-electron chi connectivity index (χ4n) is 2.09. The van der Waals surface area contributed by atoms with Crippen LogP contribution in [0.4, 0.5) is 5.69 Å². The van der Waals surface area contributed by atoms with Crippen LogP contribution in [0.3, 0.4) is 0 Å². The summed E-state index contributed by atoms with van der Waals surface area (Å²) >= 11 is 1.93. The van der Waals surface area contributed by atoms with Gasteiger partial charge in [0.25, 0.3) is 5.91 Å². The number of nitrogen functional groups attached to an aromatic ring is 1. The van der Waals surface area contributed by atoms with Gasteiger partial charge in [0.05, 0.1) is 12.3 Å². The van der Waals surface area contributed by atoms with Crippen molar-refractivity contribution in [2.24, 2.45) is 0 Å². The second-order valence-electron chi connectivity index (χ2n) is 4.53. The van der Waals surface area contributed by atoms with Crippen LogP contribution in [0.15, 0.2) is 18.2 Å². The Labute approximate surface area is 118 Å². The molecule has 1 aromatic carbocycles. The fourth-order valence-corrected chi connectivity index (χ4v) is 3.29. The highest BCUT2D eigenvalue weighted by atomic mass is 32.2. The molecule has 4 nitrogen and oxygen atoms in total. The first-order valence-corrected chi connectivity index (χ1v) is 7.67. The Kier molecular flexibility index (Phi) is 4.96. The van der Waals surface area contributed by atoms with Gasteiger partial charge < -0.3 is 15.8 Å². The summed E-state index contributed by atoms with van der Waals surface area (Å²) in [6, 6.07) is 5.17. The quantitative estimate of drug-likeness (QED) is 0.812. The van der Waals surface area contributed by atoms with Crippen LogP contribution in [0.25, 0.3) is 0 Å². The van der Waals surface area contributed by atoms with E-state index in [1.807, 2.05) is 18.7 Å². The summed E-state index contributed by atoms with van der Waals surface area (Å²) in [4.78, 5) is 12.0. The van der Waals surface area contributed by atoms with Crippen LogP contribution in [0.5, 0.6) is 5.75 Å². The molecule has 0 bridgehead atoms. The van der Waals surface area contributed by atoms with E-state index in [4.69, 9.17) is 10.5 Å². The van der Waals surface area contributed by atoms with E-state index < -0.39 is 0 Å². The molecule has 1 fully saturated rings. The number of benzene rings is 1. The van der Waals surface area contributed by atoms with E-state index in [2.05, 4.69) is 5.32 Å². The Bertz CT molecular complexity index is 445. The maximum Gasteiger partial charge on any atom is 0.251 e. The van der Waals surface area contributed by atoms with E-state index in [0.29, 0.717) is 28.9 Å². The minimum absolute atomic E-state index is 0.0674. The number of hydrogen-bond acceptors (Lipinski definition) is 4. The first-order chi connectivity index (χ1) is 9.20. The van der Waals surface area contributed by atoms with Crippen molar-refractivity contribution in [2.45, 2.75) is 25.0 Å². The Morgan fingerprint density at radius 2 is 2.42 bits per heavy atom. The van der Waals surface area contributed by atoms with E-state index in [1.54, 1.807) is 18.2 Å². The molecule has 1 saturated heterocycles. The van der Waals surface area contributed by atoms with Gasteiger partial charge in [-0.25, -0.2) is 0 Å². The van der Waals surface area contributed by atoms with Crippen LogP contribution in [0.2, 0.25) is 0 Å². The Balaban J connectivity index is 1.92. The topological polar surface area (TPSA) is 64.3 Å². The first kappa shape index (κ1) is 14.1. The van der Waals surface area contributed by atoms with Crippen molar-refractivity contribution >= 4 is 23.4 Å². The second kappa shape index (κ2) is 6.70. The van der Waals surface area contributed by atoms with Gasteiger partial charge in [-0.15, -0.1) is 0 Å². The normalized spacial score (nSPS) is 18.3. The number of carbonyl (C=O) groups excluding carboxylic acids is 1. The van der Waals surface area contributed by atoms with E-state index >= 15 is 0 Å². The van der Waals surface area contributed by atoms with Gasteiger partial charge in [0.15, 0.2) is 0 Å². The van der Waals surface area contributed by atoms with Gasteiger partial charge >= 0.3 is 0 Å². The van der Waals surface area contributed by atoms with Crippen LogP contribution in [-0.2, 0) is 0 Å². The highest BCUT2D eigenvalue weighted by Crippen LogP contribution is 2.25. The van der Waals surface area contributed by atoms with E-state index in [9.17, 15) is 4.79 Å². The van der Waals surface area contributed by atoms with Crippen LogP contribution < -0.4 is 15.8 Å². The van der Waals surface area contributed by atoms with Crippen LogP contribution in [-0.4, -0.2) is 30.1 Å². The van der Waals surface area contributed by atoms with Crippen molar-refractivity contribution in [3.05, 3.63) is 23.8 Å². The predicted octanol–water partition coefficient (Wildman–Crippen LogP) is 2.29. The smallest absolute Gasteiger partial charge is 0.251 e. The van der Waals surface area contributed by atoms with Crippen LogP contribution in [0, 0.1) is 0 Å². The summed E-state index contributed by atoms with van der Waals surface area (Å²) in [7, 11) is 0. The SMILES string of the molecule is CCOc1ccc(C(=O)NCC2CCCS2)cc1N. The van der Waals surface area contributed by atoms with Crippen LogP contribution >= 0.6 is 11.8 Å². The molecule has 1 amide bonds. The average Bonchev–Trinajstić information content (AvgIpc) is 2.91. The Morgan fingerprint density at radius 1 is 1.58 bits per heavy atom. The number of amides is 1. The fraction of sp³-hybridized carbons (Fsp3) is 0.500. The summed E-state index contributed by atoms with van der Waals surface area (Å²) in [6.45, 7) is 3.20. The molecule has 0 aliphatic carbocycles. The van der Waals surface area contributed by atoms with Crippen LogP contribution in [0.1, 0.15) is 30.1 Å². The lowest BCUT2D eigenvalue weighted by Crippen LogP contribution is -2.29. The number of rotatable bonds is 5. The molecule has 5 heteroatoms. The van der Waals surface area contributed by atoms with E-state index in [1.165, 1.54) is 18.6 Å². The number of carbonyl (C=O) groups is 1.